The van der Waals surface area contributed by atoms with Crippen molar-refractivity contribution >= 4 is 101 Å². The molecule has 0 radical (unpaired) electrons. The first-order valence-electron chi connectivity index (χ1n) is 37.5. The Bertz CT molecular complexity index is 3710. The molecule has 3 aliphatic heterocycles. The van der Waals surface area contributed by atoms with Gasteiger partial charge in [-0.15, -0.1) is 0 Å². The van der Waals surface area contributed by atoms with Gasteiger partial charge >= 0.3 is 11.9 Å². The van der Waals surface area contributed by atoms with Crippen LogP contribution < -0.4 is 75.7 Å². The Labute approximate surface area is 652 Å². The Hall–Kier alpha value is -11.1. The summed E-state index contributed by atoms with van der Waals surface area (Å²) in [5.74, 6) is -17.8. The smallest absolute Gasteiger partial charge is 0.326 e. The number of aliphatic hydroxyl groups is 3. The minimum absolute atomic E-state index is 0.0122. The van der Waals surface area contributed by atoms with E-state index in [2.05, 4.69) is 63.5 Å². The molecule has 3 heterocycles. The number of nitrogens with zero attached hydrogens (tertiary/aromatic N) is 4. The number of hydrogen-bond acceptors (Lipinski definition) is 22. The molecule has 14 amide bonds. The van der Waals surface area contributed by atoms with Gasteiger partial charge in [0, 0.05) is 39.0 Å². The van der Waals surface area contributed by atoms with Crippen molar-refractivity contribution in [1.82, 2.24) is 73.2 Å². The second-order valence-electron chi connectivity index (χ2n) is 29.2. The highest BCUT2D eigenvalue weighted by Crippen LogP contribution is 2.24. The molecular formula is C73H110N18O22. The number of carboxylic acids is 2. The number of benzene rings is 2. The molecule has 0 aromatic heterocycles. The first-order chi connectivity index (χ1) is 53.4. The summed E-state index contributed by atoms with van der Waals surface area (Å²) < 4.78 is 0. The standard InChI is InChI=1S/C73H110N18O22/c1-37(2)29-46(62(102)81-47(30-41-15-9-8-10-16-41)63(103)84-49(31-42-21-23-43(95)24-22-42)69(109)91-28-14-20-54(91)72(112)113)82-65(105)52-18-12-26-89(52)70(110)50(35-93)85-64(104)48(32-56(97)98)83-66(106)53-19-13-27-90(53)71(111)51(36-94)86-68(108)58(39(5)6)87-59(99)40(7)79-67(107)57(38(3)4)88-61(101)45(17-11-25-77-73(75)76)80-55(96)33-78-60(100)44(74)34-92/h8-10,15-16,21-24,37-40,44-54,57-58,92-95H,11-14,17-20,25-36,74H2,1-7H3,(H,78,100)(H,79,107)(H,80,96)(H,81,102)(H,82,105)(H,83,106)(H,84,103)(H,85,104)(H,86,108)(H,87,99)(H,88,101)(H,97,98)(H,112,113)(H4,75,76,77)/t40-,44-,45-,46-,47-,48-,49-,50-,51-,52-,53-,54-,57-,58-/m0/s1. The number of hydrogen-bond donors (Lipinski definition) is 20. The molecule has 14 atom stereocenters. The predicted octanol–water partition coefficient (Wildman–Crippen LogP) is -6.59. The molecule has 5 rings (SSSR count). The first kappa shape index (κ1) is 92.5. The fourth-order valence-corrected chi connectivity index (χ4v) is 13.1. The van der Waals surface area contributed by atoms with E-state index >= 15 is 0 Å². The van der Waals surface area contributed by atoms with Crippen LogP contribution in [0, 0.1) is 17.8 Å². The fourth-order valence-electron chi connectivity index (χ4n) is 13.1. The lowest BCUT2D eigenvalue weighted by Crippen LogP contribution is -2.62. The molecule has 0 aliphatic carbocycles. The molecule has 3 aliphatic rings. The highest BCUT2D eigenvalue weighted by atomic mass is 16.4. The van der Waals surface area contributed by atoms with E-state index in [0.29, 0.717) is 17.5 Å². The van der Waals surface area contributed by atoms with E-state index in [1.165, 1.54) is 49.9 Å². The lowest BCUT2D eigenvalue weighted by atomic mass is 9.99. The van der Waals surface area contributed by atoms with E-state index in [1.807, 2.05) is 0 Å². The summed E-state index contributed by atoms with van der Waals surface area (Å²) in [6, 6.07) is -6.17. The molecule has 0 bridgehead atoms. The van der Waals surface area contributed by atoms with Crippen LogP contribution in [0.25, 0.3) is 0 Å². The number of aliphatic imine (C=N–C) groups is 1. The maximum Gasteiger partial charge on any atom is 0.326 e. The molecule has 0 spiro atoms. The third-order valence-corrected chi connectivity index (χ3v) is 19.1. The van der Waals surface area contributed by atoms with Gasteiger partial charge in [0.25, 0.3) is 0 Å². The zero-order valence-electron chi connectivity index (χ0n) is 64.4. The van der Waals surface area contributed by atoms with Gasteiger partial charge in [0.15, 0.2) is 5.96 Å². The van der Waals surface area contributed by atoms with Crippen LogP contribution >= 0.6 is 0 Å². The van der Waals surface area contributed by atoms with Crippen molar-refractivity contribution in [2.45, 2.75) is 210 Å². The topological polar surface area (TPSA) is 627 Å². The SMILES string of the molecule is CC(C)C[C@H](NC(=O)[C@@H]1CCCN1C(=O)[C@H](CO)NC(=O)[C@H](CC(=O)O)NC(=O)[C@@H]1CCCN1C(=O)[C@H](CO)NC(=O)[C@@H](NC(=O)[C@H](C)NC(=O)[C@@H](NC(=O)[C@H](CCCN=C(N)N)NC(=O)CNC(=O)[C@@H](N)CO)C(C)C)C(C)C)C(=O)N[C@@H](Cc1ccccc1)C(=O)N[C@@H](Cc1ccc(O)cc1)C(=O)N1CCC[C@H]1C(=O)O. The average molecular weight is 1590 g/mol. The van der Waals surface area contributed by atoms with Gasteiger partial charge in [-0.05, 0) is 106 Å². The highest BCUT2D eigenvalue weighted by molar-refractivity contribution is 6.01. The van der Waals surface area contributed by atoms with Crippen LogP contribution in [0.2, 0.25) is 0 Å². The van der Waals surface area contributed by atoms with E-state index in [1.54, 1.807) is 58.0 Å². The monoisotopic (exact) mass is 1590 g/mol. The molecular weight excluding hydrogens is 1480 g/mol. The van der Waals surface area contributed by atoms with Crippen molar-refractivity contribution in [3.63, 3.8) is 0 Å². The van der Waals surface area contributed by atoms with Gasteiger partial charge in [-0.1, -0.05) is 84.0 Å². The number of amides is 14. The summed E-state index contributed by atoms with van der Waals surface area (Å²) >= 11 is 0. The number of aromatic hydroxyl groups is 1. The van der Waals surface area contributed by atoms with E-state index < -0.39 is 224 Å². The van der Waals surface area contributed by atoms with Crippen LogP contribution in [0.4, 0.5) is 0 Å². The van der Waals surface area contributed by atoms with Crippen molar-refractivity contribution in [2.75, 3.05) is 52.5 Å². The van der Waals surface area contributed by atoms with Gasteiger partial charge in [0.05, 0.1) is 32.8 Å². The number of nitrogens with one attached hydrogen (secondary N) is 11. The number of aliphatic hydroxyl groups excluding tert-OH is 3. The number of carbonyl (C=O) groups is 16. The fraction of sp³-hybridized carbons (Fsp3) is 0.603. The molecule has 23 N–H and O–H groups in total. The zero-order valence-corrected chi connectivity index (χ0v) is 64.4. The molecule has 113 heavy (non-hydrogen) atoms. The summed E-state index contributed by atoms with van der Waals surface area (Å²) in [6.45, 7) is 7.35. The number of carbonyl (C=O) groups excluding carboxylic acids is 14. The Morgan fingerprint density at radius 2 is 0.920 bits per heavy atom. The molecule has 2 aromatic rings. The summed E-state index contributed by atoms with van der Waals surface area (Å²) in [4.78, 5) is 226. The minimum atomic E-state index is -1.98. The van der Waals surface area contributed by atoms with Crippen LogP contribution in [0.3, 0.4) is 0 Å². The van der Waals surface area contributed by atoms with Crippen molar-refractivity contribution in [1.29, 1.82) is 0 Å². The Balaban J connectivity index is 1.23. The van der Waals surface area contributed by atoms with Crippen molar-refractivity contribution in [2.24, 2.45) is 39.9 Å². The lowest BCUT2D eigenvalue weighted by Gasteiger charge is -2.31. The van der Waals surface area contributed by atoms with Crippen LogP contribution in [-0.2, 0) is 89.6 Å². The number of rotatable bonds is 43. The molecule has 0 saturated carbocycles. The maximum absolute atomic E-state index is 14.6. The first-order valence-corrected chi connectivity index (χ1v) is 37.5. The van der Waals surface area contributed by atoms with E-state index in [-0.39, 0.29) is 108 Å². The van der Waals surface area contributed by atoms with E-state index in [0.717, 1.165) is 9.80 Å². The predicted molar refractivity (Wildman–Crippen MR) is 402 cm³/mol. The van der Waals surface area contributed by atoms with E-state index in [4.69, 9.17) is 22.3 Å². The molecule has 40 heteroatoms. The van der Waals surface area contributed by atoms with Gasteiger partial charge in [-0.25, -0.2) is 4.79 Å². The summed E-state index contributed by atoms with van der Waals surface area (Å²) in [5, 5.41) is 87.6. The van der Waals surface area contributed by atoms with Crippen molar-refractivity contribution < 1.29 is 107 Å². The Morgan fingerprint density at radius 3 is 1.42 bits per heavy atom. The summed E-state index contributed by atoms with van der Waals surface area (Å²) in [5.41, 5.74) is 17.4. The molecule has 40 nitrogen and oxygen atoms in total. The maximum atomic E-state index is 14.6. The number of likely N-dealkylation sites (tertiary alicyclic amines) is 3. The summed E-state index contributed by atoms with van der Waals surface area (Å²) in [7, 11) is 0. The normalized spacial score (nSPS) is 18.2. The quantitative estimate of drug-likeness (QED) is 0.0167. The van der Waals surface area contributed by atoms with Gasteiger partial charge in [0.1, 0.15) is 90.3 Å². The largest absolute Gasteiger partial charge is 0.508 e. The Kier molecular flexibility index (Phi) is 36.7. The van der Waals surface area contributed by atoms with Gasteiger partial charge < -0.3 is 121 Å². The third-order valence-electron chi connectivity index (χ3n) is 19.1. The highest BCUT2D eigenvalue weighted by Gasteiger charge is 2.45. The van der Waals surface area contributed by atoms with Crippen LogP contribution in [0.15, 0.2) is 59.6 Å². The van der Waals surface area contributed by atoms with Crippen molar-refractivity contribution in [3.8, 4) is 5.75 Å². The second kappa shape index (κ2) is 44.8. The number of nitrogens with two attached hydrogens (primary N) is 3. The average Bonchev–Trinajstić information content (AvgIpc) is 1.73. The van der Waals surface area contributed by atoms with Gasteiger partial charge in [-0.2, -0.15) is 0 Å². The molecule has 3 fully saturated rings. The Morgan fingerprint density at radius 1 is 0.478 bits per heavy atom. The van der Waals surface area contributed by atoms with Crippen LogP contribution in [-0.4, -0.2) is 283 Å². The van der Waals surface area contributed by atoms with Gasteiger partial charge in [0.2, 0.25) is 82.7 Å². The van der Waals surface area contributed by atoms with E-state index in [9.17, 15) is 102 Å². The van der Waals surface area contributed by atoms with Crippen LogP contribution in [0.1, 0.15) is 124 Å². The summed E-state index contributed by atoms with van der Waals surface area (Å²) in [6.07, 6.45) is -0.424. The number of phenolic OH excluding ortho intramolecular Hbond substituents is 1. The zero-order chi connectivity index (χ0) is 84.1. The minimum Gasteiger partial charge on any atom is -0.508 e. The second-order valence-corrected chi connectivity index (χ2v) is 29.2. The van der Waals surface area contributed by atoms with Crippen LogP contribution in [0.5, 0.6) is 5.75 Å². The van der Waals surface area contributed by atoms with Gasteiger partial charge in [-0.3, -0.25) is 76.9 Å². The number of guanidine groups is 1. The number of aliphatic carboxylic acids is 2. The number of carboxylic acid groups (broad SMARTS) is 2. The third kappa shape index (κ3) is 28.2. The molecule has 2 aromatic carbocycles. The lowest BCUT2D eigenvalue weighted by molar-refractivity contribution is -0.149. The molecule has 3 saturated heterocycles. The molecule has 0 unspecified atom stereocenters. The number of phenols is 1. The van der Waals surface area contributed by atoms with Crippen molar-refractivity contribution in [3.05, 3.63) is 65.7 Å². The molecule has 624 valence electrons.